The van der Waals surface area contributed by atoms with Crippen molar-refractivity contribution in [3.63, 3.8) is 0 Å². The number of aromatic nitrogens is 2. The Labute approximate surface area is 156 Å². The predicted octanol–water partition coefficient (Wildman–Crippen LogP) is 3.60. The summed E-state index contributed by atoms with van der Waals surface area (Å²) in [5.41, 5.74) is 1.71. The highest BCUT2D eigenvalue weighted by Gasteiger charge is 2.23. The summed E-state index contributed by atoms with van der Waals surface area (Å²) in [5, 5.41) is 5.10. The molecule has 1 aromatic heterocycles. The van der Waals surface area contributed by atoms with E-state index >= 15 is 0 Å². The van der Waals surface area contributed by atoms with Gasteiger partial charge >= 0.3 is 0 Å². The number of hydrogen-bond acceptors (Lipinski definition) is 3. The van der Waals surface area contributed by atoms with Crippen molar-refractivity contribution in [2.45, 2.75) is 59.0 Å². The van der Waals surface area contributed by atoms with Gasteiger partial charge in [-0.25, -0.2) is 0 Å². The molecule has 1 amide bonds. The molecule has 2 heterocycles. The van der Waals surface area contributed by atoms with Crippen LogP contribution in [0, 0.1) is 6.92 Å². The average molecular weight is 367 g/mol. The van der Waals surface area contributed by atoms with Gasteiger partial charge in [0, 0.05) is 44.4 Å². The van der Waals surface area contributed by atoms with E-state index in [1.54, 1.807) is 6.08 Å². The molecule has 2 rings (SSSR count). The number of halogens is 1. The first-order valence-corrected chi connectivity index (χ1v) is 9.75. The standard InChI is InChI=1S/C19H31ClN4O/c1-5-7-12-24-19(20)17(15(3)21-24)8-9-18(25)22(4)16-10-13-23(6-2)14-11-16/h8-9,16H,5-7,10-14H2,1-4H3/b9-8+. The van der Waals surface area contributed by atoms with Gasteiger partial charge in [-0.15, -0.1) is 0 Å². The normalized spacial score (nSPS) is 16.7. The number of nitrogens with zero attached hydrogens (tertiary/aromatic N) is 4. The van der Waals surface area contributed by atoms with E-state index in [9.17, 15) is 4.79 Å². The van der Waals surface area contributed by atoms with Crippen LogP contribution in [0.25, 0.3) is 6.08 Å². The van der Waals surface area contributed by atoms with Crippen LogP contribution in [0.1, 0.15) is 50.8 Å². The van der Waals surface area contributed by atoms with E-state index in [-0.39, 0.29) is 5.91 Å². The first-order valence-electron chi connectivity index (χ1n) is 9.38. The molecule has 5 nitrogen and oxygen atoms in total. The van der Waals surface area contributed by atoms with Crippen LogP contribution < -0.4 is 0 Å². The first kappa shape index (κ1) is 20.0. The lowest BCUT2D eigenvalue weighted by molar-refractivity contribution is -0.127. The minimum atomic E-state index is 0.0340. The van der Waals surface area contributed by atoms with Crippen molar-refractivity contribution in [2.75, 3.05) is 26.7 Å². The van der Waals surface area contributed by atoms with Gasteiger partial charge in [-0.2, -0.15) is 5.10 Å². The number of piperidine rings is 1. The van der Waals surface area contributed by atoms with E-state index in [1.165, 1.54) is 0 Å². The first-order chi connectivity index (χ1) is 12.0. The second-order valence-corrected chi connectivity index (χ2v) is 7.17. The maximum absolute atomic E-state index is 12.5. The van der Waals surface area contributed by atoms with Crippen LogP contribution in [-0.4, -0.2) is 58.2 Å². The fourth-order valence-corrected chi connectivity index (χ4v) is 3.61. The lowest BCUT2D eigenvalue weighted by Crippen LogP contribution is -2.45. The number of amides is 1. The van der Waals surface area contributed by atoms with Crippen LogP contribution in [0.5, 0.6) is 0 Å². The largest absolute Gasteiger partial charge is 0.339 e. The Kier molecular flexibility index (Phi) is 7.51. The van der Waals surface area contributed by atoms with Gasteiger partial charge in [0.05, 0.1) is 5.69 Å². The van der Waals surface area contributed by atoms with Crippen LogP contribution in [0.3, 0.4) is 0 Å². The molecule has 1 aromatic rings. The number of carbonyl (C=O) groups excluding carboxylic acids is 1. The number of aryl methyl sites for hydroxylation is 2. The summed E-state index contributed by atoms with van der Waals surface area (Å²) in [6.45, 7) is 10.3. The van der Waals surface area contributed by atoms with Crippen molar-refractivity contribution in [1.29, 1.82) is 0 Å². The van der Waals surface area contributed by atoms with Crippen molar-refractivity contribution in [2.24, 2.45) is 0 Å². The number of rotatable bonds is 7. The predicted molar refractivity (Wildman–Crippen MR) is 104 cm³/mol. The molecule has 25 heavy (non-hydrogen) atoms. The minimum absolute atomic E-state index is 0.0340. The smallest absolute Gasteiger partial charge is 0.246 e. The molecule has 0 N–H and O–H groups in total. The second-order valence-electron chi connectivity index (χ2n) is 6.81. The number of likely N-dealkylation sites (N-methyl/N-ethyl adjacent to an activating group) is 1. The van der Waals surface area contributed by atoms with E-state index in [0.29, 0.717) is 11.2 Å². The van der Waals surface area contributed by atoms with Crippen LogP contribution in [0.2, 0.25) is 5.15 Å². The number of likely N-dealkylation sites (tertiary alicyclic amines) is 1. The summed E-state index contributed by atoms with van der Waals surface area (Å²) in [6, 6.07) is 0.323. The maximum atomic E-state index is 12.5. The molecular weight excluding hydrogens is 336 g/mol. The lowest BCUT2D eigenvalue weighted by Gasteiger charge is -2.35. The van der Waals surface area contributed by atoms with Crippen molar-refractivity contribution < 1.29 is 4.79 Å². The molecule has 6 heteroatoms. The minimum Gasteiger partial charge on any atom is -0.339 e. The number of carbonyl (C=O) groups is 1. The average Bonchev–Trinajstić information content (AvgIpc) is 2.90. The molecule has 0 aromatic carbocycles. The van der Waals surface area contributed by atoms with Crippen molar-refractivity contribution in [3.05, 3.63) is 22.5 Å². The Morgan fingerprint density at radius 2 is 2.04 bits per heavy atom. The summed E-state index contributed by atoms with van der Waals surface area (Å²) in [4.78, 5) is 16.8. The van der Waals surface area contributed by atoms with Gasteiger partial charge < -0.3 is 9.80 Å². The van der Waals surface area contributed by atoms with Crippen LogP contribution >= 0.6 is 11.6 Å². The molecule has 0 radical (unpaired) electrons. The van der Waals surface area contributed by atoms with E-state index in [1.807, 2.05) is 29.6 Å². The molecule has 1 aliphatic heterocycles. The second kappa shape index (κ2) is 9.39. The Hall–Kier alpha value is -1.33. The van der Waals surface area contributed by atoms with Crippen molar-refractivity contribution in [3.8, 4) is 0 Å². The SMILES string of the molecule is CCCCn1nc(C)c(/C=C/C(=O)N(C)C2CCN(CC)CC2)c1Cl. The highest BCUT2D eigenvalue weighted by molar-refractivity contribution is 6.31. The Morgan fingerprint density at radius 3 is 2.64 bits per heavy atom. The monoisotopic (exact) mass is 366 g/mol. The highest BCUT2D eigenvalue weighted by atomic mass is 35.5. The lowest BCUT2D eigenvalue weighted by atomic mass is 10.0. The molecule has 0 atom stereocenters. The molecule has 0 aliphatic carbocycles. The molecule has 1 aliphatic rings. The quantitative estimate of drug-likeness (QED) is 0.692. The van der Waals surface area contributed by atoms with Gasteiger partial charge in [0.2, 0.25) is 5.91 Å². The van der Waals surface area contributed by atoms with Gasteiger partial charge in [-0.3, -0.25) is 9.48 Å². The Bertz CT molecular complexity index is 603. The topological polar surface area (TPSA) is 41.4 Å². The highest BCUT2D eigenvalue weighted by Crippen LogP contribution is 2.22. The van der Waals surface area contributed by atoms with Crippen molar-refractivity contribution in [1.82, 2.24) is 19.6 Å². The van der Waals surface area contributed by atoms with Crippen molar-refractivity contribution >= 4 is 23.6 Å². The molecule has 0 saturated carbocycles. The van der Waals surface area contributed by atoms with Gasteiger partial charge in [0.15, 0.2) is 0 Å². The number of unbranched alkanes of at least 4 members (excludes halogenated alkanes) is 1. The summed E-state index contributed by atoms with van der Waals surface area (Å²) in [5.74, 6) is 0.0340. The fraction of sp³-hybridized carbons (Fsp3) is 0.684. The fourth-order valence-electron chi connectivity index (χ4n) is 3.29. The van der Waals surface area contributed by atoms with Gasteiger partial charge in [-0.1, -0.05) is 31.9 Å². The third-order valence-electron chi connectivity index (χ3n) is 5.13. The van der Waals surface area contributed by atoms with Gasteiger partial charge in [0.25, 0.3) is 0 Å². The van der Waals surface area contributed by atoms with Crippen LogP contribution in [-0.2, 0) is 11.3 Å². The van der Waals surface area contributed by atoms with Gasteiger partial charge in [0.1, 0.15) is 5.15 Å². The summed E-state index contributed by atoms with van der Waals surface area (Å²) >= 11 is 6.43. The summed E-state index contributed by atoms with van der Waals surface area (Å²) in [6.07, 6.45) is 7.67. The molecule has 1 fully saturated rings. The zero-order chi connectivity index (χ0) is 18.4. The number of hydrogen-bond donors (Lipinski definition) is 0. The maximum Gasteiger partial charge on any atom is 0.246 e. The van der Waals surface area contributed by atoms with Crippen LogP contribution in [0.4, 0.5) is 0 Å². The van der Waals surface area contributed by atoms with Gasteiger partial charge in [-0.05, 0) is 38.8 Å². The van der Waals surface area contributed by atoms with Crippen LogP contribution in [0.15, 0.2) is 6.08 Å². The molecule has 0 bridgehead atoms. The Morgan fingerprint density at radius 1 is 1.36 bits per heavy atom. The molecule has 140 valence electrons. The summed E-state index contributed by atoms with van der Waals surface area (Å²) in [7, 11) is 1.90. The molecule has 0 unspecified atom stereocenters. The third kappa shape index (κ3) is 5.08. The molecule has 0 spiro atoms. The van der Waals surface area contributed by atoms with E-state index in [2.05, 4.69) is 23.8 Å². The Balaban J connectivity index is 1.99. The molecule has 1 saturated heterocycles. The third-order valence-corrected chi connectivity index (χ3v) is 5.52. The zero-order valence-corrected chi connectivity index (χ0v) is 16.7. The van der Waals surface area contributed by atoms with E-state index < -0.39 is 0 Å². The zero-order valence-electron chi connectivity index (χ0n) is 16.0. The van der Waals surface area contributed by atoms with E-state index in [4.69, 9.17) is 11.6 Å². The van der Waals surface area contributed by atoms with E-state index in [0.717, 1.165) is 63.1 Å². The molecular formula is C19H31ClN4O. The summed E-state index contributed by atoms with van der Waals surface area (Å²) < 4.78 is 1.83.